The minimum absolute atomic E-state index is 0.169. The van der Waals surface area contributed by atoms with Crippen LogP contribution in [-0.2, 0) is 10.3 Å². The van der Waals surface area contributed by atoms with Gasteiger partial charge in [-0.1, -0.05) is 24.3 Å². The van der Waals surface area contributed by atoms with Gasteiger partial charge in [0.15, 0.2) is 0 Å². The van der Waals surface area contributed by atoms with Crippen LogP contribution >= 0.6 is 0 Å². The van der Waals surface area contributed by atoms with Crippen molar-refractivity contribution in [3.05, 3.63) is 66.6 Å². The molecule has 4 rings (SSSR count). The summed E-state index contributed by atoms with van der Waals surface area (Å²) in [5, 5.41) is 0.823. The predicted molar refractivity (Wildman–Crippen MR) is 125 cm³/mol. The first kappa shape index (κ1) is 21.4. The lowest BCUT2D eigenvalue weighted by Gasteiger charge is -2.21. The number of carbonyl (C=O) groups is 1. The molecule has 0 unspecified atom stereocenters. The minimum Gasteiger partial charge on any atom is -0.462 e. The number of ether oxygens (including phenoxy) is 2. The Balaban J connectivity index is 1.69. The van der Waals surface area contributed by atoms with Crippen LogP contribution in [0.2, 0.25) is 0 Å². The van der Waals surface area contributed by atoms with Gasteiger partial charge in [0.05, 0.1) is 12.0 Å². The Kier molecular flexibility index (Phi) is 5.57. The van der Waals surface area contributed by atoms with Gasteiger partial charge in [-0.2, -0.15) is 0 Å². The molecule has 0 saturated carbocycles. The number of para-hydroxylation sites is 1. The zero-order chi connectivity index (χ0) is 22.9. The number of fused-ring (bicyclic) bond motifs is 1. The molecule has 0 saturated heterocycles. The standard InChI is InChI=1S/C25H26N4O3/c1-5-31-24(30)18-8-6-7-9-20(18)32-17-12-10-16(11-13-17)19-14-29(25(2,3)4)23-21(19)22(26)27-15-28-23/h6-15H,5H2,1-4H3,(H2,26,27,28). The number of esters is 1. The third-order valence-electron chi connectivity index (χ3n) is 5.11. The molecular formula is C25H26N4O3. The Morgan fingerprint density at radius 1 is 1.06 bits per heavy atom. The number of hydrogen-bond acceptors (Lipinski definition) is 6. The summed E-state index contributed by atoms with van der Waals surface area (Å²) in [5.74, 6) is 1.08. The van der Waals surface area contributed by atoms with E-state index in [2.05, 4.69) is 41.5 Å². The maximum Gasteiger partial charge on any atom is 0.341 e. The van der Waals surface area contributed by atoms with Gasteiger partial charge in [-0.3, -0.25) is 0 Å². The molecule has 0 bridgehead atoms. The van der Waals surface area contributed by atoms with Crippen LogP contribution < -0.4 is 10.5 Å². The SMILES string of the molecule is CCOC(=O)c1ccccc1Oc1ccc(-c2cn(C(C)(C)C)c3ncnc(N)c23)cc1. The highest BCUT2D eigenvalue weighted by molar-refractivity contribution is 6.00. The molecule has 0 aliphatic rings. The average Bonchev–Trinajstić information content (AvgIpc) is 3.16. The molecule has 0 radical (unpaired) electrons. The number of aromatic nitrogens is 3. The number of benzene rings is 2. The highest BCUT2D eigenvalue weighted by atomic mass is 16.5. The number of nitrogen functional groups attached to an aromatic ring is 1. The van der Waals surface area contributed by atoms with Gasteiger partial charge in [-0.25, -0.2) is 14.8 Å². The van der Waals surface area contributed by atoms with Crippen LogP contribution in [0.25, 0.3) is 22.2 Å². The number of anilines is 1. The zero-order valence-corrected chi connectivity index (χ0v) is 18.6. The van der Waals surface area contributed by atoms with Gasteiger partial charge in [-0.15, -0.1) is 0 Å². The van der Waals surface area contributed by atoms with Crippen molar-refractivity contribution < 1.29 is 14.3 Å². The van der Waals surface area contributed by atoms with Gasteiger partial charge < -0.3 is 19.8 Å². The average molecular weight is 431 g/mol. The summed E-state index contributed by atoms with van der Waals surface area (Å²) in [5.41, 5.74) is 9.14. The van der Waals surface area contributed by atoms with Crippen molar-refractivity contribution in [2.45, 2.75) is 33.2 Å². The van der Waals surface area contributed by atoms with Crippen LogP contribution in [-0.4, -0.2) is 27.1 Å². The topological polar surface area (TPSA) is 92.3 Å². The van der Waals surface area contributed by atoms with Crippen LogP contribution in [0.5, 0.6) is 11.5 Å². The van der Waals surface area contributed by atoms with E-state index >= 15 is 0 Å². The van der Waals surface area contributed by atoms with Crippen molar-refractivity contribution in [3.63, 3.8) is 0 Å². The van der Waals surface area contributed by atoms with Gasteiger partial charge in [0.2, 0.25) is 0 Å². The molecule has 0 amide bonds. The van der Waals surface area contributed by atoms with E-state index in [1.165, 1.54) is 6.33 Å². The molecule has 2 aromatic carbocycles. The zero-order valence-electron chi connectivity index (χ0n) is 18.6. The molecule has 0 spiro atoms. The normalized spacial score (nSPS) is 11.5. The molecule has 2 aromatic heterocycles. The lowest BCUT2D eigenvalue weighted by Crippen LogP contribution is -2.21. The van der Waals surface area contributed by atoms with Crippen molar-refractivity contribution in [2.75, 3.05) is 12.3 Å². The van der Waals surface area contributed by atoms with Crippen LogP contribution in [0.4, 0.5) is 5.82 Å². The lowest BCUT2D eigenvalue weighted by molar-refractivity contribution is 0.0523. The Bertz CT molecular complexity index is 1270. The first-order chi connectivity index (χ1) is 15.3. The molecule has 4 aromatic rings. The van der Waals surface area contributed by atoms with E-state index in [1.807, 2.05) is 30.3 Å². The van der Waals surface area contributed by atoms with Crippen LogP contribution in [0, 0.1) is 0 Å². The Hall–Kier alpha value is -3.87. The highest BCUT2D eigenvalue weighted by Gasteiger charge is 2.22. The molecule has 2 N–H and O–H groups in total. The van der Waals surface area contributed by atoms with Crippen molar-refractivity contribution in [1.29, 1.82) is 0 Å². The van der Waals surface area contributed by atoms with Crippen molar-refractivity contribution in [1.82, 2.24) is 14.5 Å². The lowest BCUT2D eigenvalue weighted by atomic mass is 10.1. The molecule has 164 valence electrons. The highest BCUT2D eigenvalue weighted by Crippen LogP contribution is 2.36. The fourth-order valence-electron chi connectivity index (χ4n) is 3.58. The number of nitrogens with zero attached hydrogens (tertiary/aromatic N) is 3. The second-order valence-corrected chi connectivity index (χ2v) is 8.38. The predicted octanol–water partition coefficient (Wildman–Crippen LogP) is 5.40. The molecule has 0 aliphatic carbocycles. The van der Waals surface area contributed by atoms with Gasteiger partial charge in [0, 0.05) is 17.3 Å². The molecule has 2 heterocycles. The van der Waals surface area contributed by atoms with Gasteiger partial charge in [-0.05, 0) is 57.5 Å². The molecule has 7 heteroatoms. The summed E-state index contributed by atoms with van der Waals surface area (Å²) in [4.78, 5) is 20.9. The largest absolute Gasteiger partial charge is 0.462 e. The molecule has 32 heavy (non-hydrogen) atoms. The maximum absolute atomic E-state index is 12.2. The van der Waals surface area contributed by atoms with Gasteiger partial charge >= 0.3 is 5.97 Å². The first-order valence-electron chi connectivity index (χ1n) is 10.5. The van der Waals surface area contributed by atoms with Crippen molar-refractivity contribution in [3.8, 4) is 22.6 Å². The number of rotatable bonds is 5. The van der Waals surface area contributed by atoms with Crippen LogP contribution in [0.1, 0.15) is 38.1 Å². The van der Waals surface area contributed by atoms with E-state index in [4.69, 9.17) is 15.2 Å². The van der Waals surface area contributed by atoms with E-state index in [9.17, 15) is 4.79 Å². The second kappa shape index (κ2) is 8.34. The van der Waals surface area contributed by atoms with E-state index in [0.717, 1.165) is 22.2 Å². The first-order valence-corrected chi connectivity index (χ1v) is 10.5. The quantitative estimate of drug-likeness (QED) is 0.426. The van der Waals surface area contributed by atoms with E-state index in [0.29, 0.717) is 29.5 Å². The fraction of sp³-hybridized carbons (Fsp3) is 0.240. The summed E-state index contributed by atoms with van der Waals surface area (Å²) in [6, 6.07) is 14.7. The smallest absolute Gasteiger partial charge is 0.341 e. The second-order valence-electron chi connectivity index (χ2n) is 8.38. The Labute approximate surface area is 186 Å². The van der Waals surface area contributed by atoms with Gasteiger partial charge in [0.25, 0.3) is 0 Å². The Morgan fingerprint density at radius 2 is 1.78 bits per heavy atom. The summed E-state index contributed by atoms with van der Waals surface area (Å²) in [6.45, 7) is 8.43. The molecule has 7 nitrogen and oxygen atoms in total. The van der Waals surface area contributed by atoms with Crippen molar-refractivity contribution >= 4 is 22.8 Å². The number of carbonyl (C=O) groups excluding carboxylic acids is 1. The van der Waals surface area contributed by atoms with Gasteiger partial charge in [0.1, 0.15) is 34.9 Å². The molecule has 0 aliphatic heterocycles. The van der Waals surface area contributed by atoms with Crippen LogP contribution in [0.3, 0.4) is 0 Å². The van der Waals surface area contributed by atoms with Crippen molar-refractivity contribution in [2.24, 2.45) is 0 Å². The molecular weight excluding hydrogens is 404 g/mol. The summed E-state index contributed by atoms with van der Waals surface area (Å²) < 4.78 is 13.2. The number of nitrogens with two attached hydrogens (primary N) is 1. The minimum atomic E-state index is -0.412. The fourth-order valence-corrected chi connectivity index (χ4v) is 3.58. The summed E-state index contributed by atoms with van der Waals surface area (Å²) in [6.07, 6.45) is 3.54. The van der Waals surface area contributed by atoms with E-state index in [-0.39, 0.29) is 5.54 Å². The number of hydrogen-bond donors (Lipinski definition) is 1. The third-order valence-corrected chi connectivity index (χ3v) is 5.11. The maximum atomic E-state index is 12.2. The van der Waals surface area contributed by atoms with E-state index in [1.54, 1.807) is 25.1 Å². The molecule has 0 fully saturated rings. The molecule has 0 atom stereocenters. The Morgan fingerprint density at radius 3 is 2.47 bits per heavy atom. The summed E-state index contributed by atoms with van der Waals surface area (Å²) in [7, 11) is 0. The van der Waals surface area contributed by atoms with Crippen LogP contribution in [0.15, 0.2) is 61.1 Å². The third kappa shape index (κ3) is 4.01. The van der Waals surface area contributed by atoms with E-state index < -0.39 is 5.97 Å². The monoisotopic (exact) mass is 430 g/mol. The summed E-state index contributed by atoms with van der Waals surface area (Å²) >= 11 is 0.